The maximum absolute atomic E-state index is 13.5. The van der Waals surface area contributed by atoms with Crippen LogP contribution in [0.15, 0.2) is 16.6 Å². The first kappa shape index (κ1) is 11.6. The van der Waals surface area contributed by atoms with Gasteiger partial charge in [-0.05, 0) is 34.0 Å². The van der Waals surface area contributed by atoms with Crippen LogP contribution >= 0.6 is 15.9 Å². The van der Waals surface area contributed by atoms with Gasteiger partial charge in [-0.25, -0.2) is 4.39 Å². The van der Waals surface area contributed by atoms with Crippen LogP contribution in [0.25, 0.3) is 0 Å². The molecule has 0 saturated carbocycles. The van der Waals surface area contributed by atoms with Gasteiger partial charge in [0.25, 0.3) is 0 Å². The van der Waals surface area contributed by atoms with Gasteiger partial charge in [-0.3, -0.25) is 0 Å². The lowest BCUT2D eigenvalue weighted by Gasteiger charge is -2.07. The van der Waals surface area contributed by atoms with Gasteiger partial charge in [0.2, 0.25) is 0 Å². The Morgan fingerprint density at radius 1 is 1.50 bits per heavy atom. The Labute approximate surface area is 91.5 Å². The van der Waals surface area contributed by atoms with Gasteiger partial charge < -0.3 is 4.84 Å². The zero-order valence-corrected chi connectivity index (χ0v) is 9.82. The molecule has 0 heterocycles. The fourth-order valence-corrected chi connectivity index (χ4v) is 1.74. The van der Waals surface area contributed by atoms with E-state index in [4.69, 9.17) is 0 Å². The van der Waals surface area contributed by atoms with Crippen molar-refractivity contribution in [3.8, 4) is 0 Å². The lowest BCUT2D eigenvalue weighted by atomic mass is 10.1. The van der Waals surface area contributed by atoms with Crippen molar-refractivity contribution in [2.45, 2.75) is 19.9 Å². The molecule has 0 saturated heterocycles. The minimum Gasteiger partial charge on any atom is -0.305 e. The molecule has 0 unspecified atom stereocenters. The number of hydrogen-bond donors (Lipinski definition) is 1. The Morgan fingerprint density at radius 2 is 2.21 bits per heavy atom. The molecule has 78 valence electrons. The normalized spacial score (nSPS) is 10.6. The number of benzene rings is 1. The van der Waals surface area contributed by atoms with Gasteiger partial charge in [0.15, 0.2) is 0 Å². The summed E-state index contributed by atoms with van der Waals surface area (Å²) in [5.41, 5.74) is 4.34. The highest BCUT2D eigenvalue weighted by atomic mass is 79.9. The average molecular weight is 262 g/mol. The Bertz CT molecular complexity index is 317. The highest BCUT2D eigenvalue weighted by Gasteiger charge is 2.07. The van der Waals surface area contributed by atoms with E-state index in [1.54, 1.807) is 6.07 Å². The largest absolute Gasteiger partial charge is 0.305 e. The van der Waals surface area contributed by atoms with Gasteiger partial charge in [-0.2, -0.15) is 5.48 Å². The van der Waals surface area contributed by atoms with Gasteiger partial charge in [0.05, 0.1) is 11.6 Å². The average Bonchev–Trinajstić information content (AvgIpc) is 2.20. The molecular weight excluding hydrogens is 249 g/mol. The van der Waals surface area contributed by atoms with Crippen molar-refractivity contribution in [2.75, 3.05) is 7.11 Å². The third-order valence-electron chi connectivity index (χ3n) is 1.98. The zero-order chi connectivity index (χ0) is 10.6. The summed E-state index contributed by atoms with van der Waals surface area (Å²) in [4.78, 5) is 4.68. The molecule has 4 heteroatoms. The van der Waals surface area contributed by atoms with Crippen molar-refractivity contribution < 1.29 is 9.23 Å². The Balaban J connectivity index is 2.95. The SMILES string of the molecule is CCc1cc(Br)c(F)c(CNOC)c1. The van der Waals surface area contributed by atoms with E-state index in [-0.39, 0.29) is 5.82 Å². The van der Waals surface area contributed by atoms with Crippen LogP contribution in [0.2, 0.25) is 0 Å². The lowest BCUT2D eigenvalue weighted by Crippen LogP contribution is -2.12. The molecule has 1 aromatic rings. The second-order valence-electron chi connectivity index (χ2n) is 2.93. The molecule has 0 radical (unpaired) electrons. The molecule has 0 fully saturated rings. The maximum atomic E-state index is 13.5. The number of aryl methyl sites for hydroxylation is 1. The van der Waals surface area contributed by atoms with E-state index in [1.165, 1.54) is 7.11 Å². The summed E-state index contributed by atoms with van der Waals surface area (Å²) in [6.45, 7) is 2.40. The summed E-state index contributed by atoms with van der Waals surface area (Å²) in [6, 6.07) is 3.64. The van der Waals surface area contributed by atoms with Crippen LogP contribution in [0, 0.1) is 5.82 Å². The number of rotatable bonds is 4. The van der Waals surface area contributed by atoms with Gasteiger partial charge in [0.1, 0.15) is 5.82 Å². The molecule has 2 nitrogen and oxygen atoms in total. The van der Waals surface area contributed by atoms with E-state index in [1.807, 2.05) is 13.0 Å². The molecule has 0 aromatic heterocycles. The third-order valence-corrected chi connectivity index (χ3v) is 2.56. The van der Waals surface area contributed by atoms with Crippen molar-refractivity contribution in [1.82, 2.24) is 5.48 Å². The van der Waals surface area contributed by atoms with Crippen molar-refractivity contribution in [3.05, 3.63) is 33.5 Å². The summed E-state index contributed by atoms with van der Waals surface area (Å²) < 4.78 is 14.0. The van der Waals surface area contributed by atoms with E-state index in [2.05, 4.69) is 26.2 Å². The zero-order valence-electron chi connectivity index (χ0n) is 8.23. The first-order chi connectivity index (χ1) is 6.69. The molecular formula is C10H13BrFNO. The van der Waals surface area contributed by atoms with E-state index in [9.17, 15) is 4.39 Å². The van der Waals surface area contributed by atoms with E-state index in [0.29, 0.717) is 16.6 Å². The van der Waals surface area contributed by atoms with Gasteiger partial charge in [-0.1, -0.05) is 13.0 Å². The van der Waals surface area contributed by atoms with Crippen molar-refractivity contribution in [1.29, 1.82) is 0 Å². The number of halogens is 2. The molecule has 0 spiro atoms. The number of nitrogens with one attached hydrogen (secondary N) is 1. The molecule has 0 amide bonds. The molecule has 1 aromatic carbocycles. The lowest BCUT2D eigenvalue weighted by molar-refractivity contribution is 0.0859. The summed E-state index contributed by atoms with van der Waals surface area (Å²) in [6.07, 6.45) is 0.888. The Kier molecular flexibility index (Phi) is 4.51. The van der Waals surface area contributed by atoms with Crippen LogP contribution in [0.1, 0.15) is 18.1 Å². The summed E-state index contributed by atoms with van der Waals surface area (Å²) in [5, 5.41) is 0. The molecule has 0 atom stereocenters. The van der Waals surface area contributed by atoms with Crippen LogP contribution in [-0.2, 0) is 17.8 Å². The maximum Gasteiger partial charge on any atom is 0.141 e. The fourth-order valence-electron chi connectivity index (χ4n) is 1.19. The van der Waals surface area contributed by atoms with E-state index < -0.39 is 0 Å². The molecule has 1 rings (SSSR count). The molecule has 0 aliphatic rings. The molecule has 0 aliphatic heterocycles. The van der Waals surface area contributed by atoms with Crippen molar-refractivity contribution in [2.24, 2.45) is 0 Å². The smallest absolute Gasteiger partial charge is 0.141 e. The quantitative estimate of drug-likeness (QED) is 0.842. The summed E-state index contributed by atoms with van der Waals surface area (Å²) in [7, 11) is 1.51. The second kappa shape index (κ2) is 5.44. The van der Waals surface area contributed by atoms with E-state index >= 15 is 0 Å². The first-order valence-electron chi connectivity index (χ1n) is 4.41. The first-order valence-corrected chi connectivity index (χ1v) is 5.21. The van der Waals surface area contributed by atoms with Crippen LogP contribution < -0.4 is 5.48 Å². The van der Waals surface area contributed by atoms with Crippen LogP contribution in [0.5, 0.6) is 0 Å². The highest BCUT2D eigenvalue weighted by molar-refractivity contribution is 9.10. The topological polar surface area (TPSA) is 21.3 Å². The molecule has 14 heavy (non-hydrogen) atoms. The highest BCUT2D eigenvalue weighted by Crippen LogP contribution is 2.21. The van der Waals surface area contributed by atoms with E-state index in [0.717, 1.165) is 12.0 Å². The third kappa shape index (κ3) is 2.77. The molecule has 1 N–H and O–H groups in total. The van der Waals surface area contributed by atoms with Gasteiger partial charge in [0, 0.05) is 12.1 Å². The predicted molar refractivity (Wildman–Crippen MR) is 57.3 cm³/mol. The minimum atomic E-state index is -0.230. The number of hydrogen-bond acceptors (Lipinski definition) is 2. The van der Waals surface area contributed by atoms with Crippen molar-refractivity contribution >= 4 is 15.9 Å². The fraction of sp³-hybridized carbons (Fsp3) is 0.400. The molecule has 0 aliphatic carbocycles. The number of hydroxylamine groups is 1. The van der Waals surface area contributed by atoms with Gasteiger partial charge >= 0.3 is 0 Å². The summed E-state index contributed by atoms with van der Waals surface area (Å²) >= 11 is 3.19. The standard InChI is InChI=1S/C10H13BrFNO/c1-3-7-4-8(6-13-14-2)10(12)9(11)5-7/h4-5,13H,3,6H2,1-2H3. The predicted octanol–water partition coefficient (Wildman–Crippen LogP) is 2.80. The molecule has 0 bridgehead atoms. The Hall–Kier alpha value is -0.450. The van der Waals surface area contributed by atoms with Crippen LogP contribution in [0.3, 0.4) is 0 Å². The monoisotopic (exact) mass is 261 g/mol. The summed E-state index contributed by atoms with van der Waals surface area (Å²) in [5.74, 6) is -0.230. The Morgan fingerprint density at radius 3 is 2.79 bits per heavy atom. The van der Waals surface area contributed by atoms with Crippen LogP contribution in [0.4, 0.5) is 4.39 Å². The van der Waals surface area contributed by atoms with Crippen molar-refractivity contribution in [3.63, 3.8) is 0 Å². The van der Waals surface area contributed by atoms with Crippen LogP contribution in [-0.4, -0.2) is 7.11 Å². The second-order valence-corrected chi connectivity index (χ2v) is 3.78. The van der Waals surface area contributed by atoms with Gasteiger partial charge in [-0.15, -0.1) is 0 Å². The minimum absolute atomic E-state index is 0.230.